The van der Waals surface area contributed by atoms with Crippen LogP contribution < -0.4 is 0 Å². The lowest BCUT2D eigenvalue weighted by Crippen LogP contribution is -2.16. The second kappa shape index (κ2) is 6.60. The predicted molar refractivity (Wildman–Crippen MR) is 87.1 cm³/mol. The lowest BCUT2D eigenvalue weighted by atomic mass is 9.89. The number of aromatic carboxylic acids is 2. The van der Waals surface area contributed by atoms with E-state index in [1.165, 1.54) is 0 Å². The summed E-state index contributed by atoms with van der Waals surface area (Å²) in [6.07, 6.45) is 0.926. The molecule has 2 rings (SSSR count). The van der Waals surface area contributed by atoms with E-state index >= 15 is 0 Å². The minimum absolute atomic E-state index is 0.183. The number of aromatic nitrogens is 1. The highest BCUT2D eigenvalue weighted by molar-refractivity contribution is 5.96. The molecule has 0 unspecified atom stereocenters. The van der Waals surface area contributed by atoms with Gasteiger partial charge in [-0.25, -0.2) is 14.6 Å². The van der Waals surface area contributed by atoms with E-state index < -0.39 is 11.9 Å². The Kier molecular flexibility index (Phi) is 4.79. The first-order valence-electron chi connectivity index (χ1n) is 7.50. The van der Waals surface area contributed by atoms with Crippen LogP contribution in [0.15, 0.2) is 24.3 Å². The van der Waals surface area contributed by atoms with Gasteiger partial charge in [0.25, 0.3) is 0 Å². The molecule has 5 nitrogen and oxygen atoms in total. The third kappa shape index (κ3) is 3.08. The van der Waals surface area contributed by atoms with Crippen LogP contribution in [0.1, 0.15) is 51.5 Å². The number of nitrogens with zero attached hydrogens (tertiary/aromatic N) is 1. The van der Waals surface area contributed by atoms with E-state index in [4.69, 9.17) is 0 Å². The number of carboxylic acid groups (broad SMARTS) is 2. The predicted octanol–water partition coefficient (Wildman–Crippen LogP) is 3.58. The molecule has 0 aliphatic rings. The lowest BCUT2D eigenvalue weighted by Gasteiger charge is -2.18. The molecule has 0 saturated heterocycles. The fourth-order valence-electron chi connectivity index (χ4n) is 2.78. The number of carboxylic acids is 2. The maximum Gasteiger partial charge on any atom is 0.354 e. The van der Waals surface area contributed by atoms with E-state index in [-0.39, 0.29) is 11.4 Å². The number of pyridine rings is 1. The highest BCUT2D eigenvalue weighted by atomic mass is 16.4. The van der Waals surface area contributed by atoms with Gasteiger partial charge in [0.05, 0.1) is 0 Å². The van der Waals surface area contributed by atoms with Gasteiger partial charge >= 0.3 is 11.9 Å². The molecule has 0 radical (unpaired) electrons. The molecular weight excluding hydrogens is 294 g/mol. The molecule has 0 amide bonds. The second-order valence-corrected chi connectivity index (χ2v) is 5.32. The largest absolute Gasteiger partial charge is 0.477 e. The molecule has 1 aromatic heterocycles. The summed E-state index contributed by atoms with van der Waals surface area (Å²) in [5.41, 5.74) is 3.36. The number of benzene rings is 1. The Morgan fingerprint density at radius 2 is 1.35 bits per heavy atom. The van der Waals surface area contributed by atoms with Crippen LogP contribution in [0.3, 0.4) is 0 Å². The van der Waals surface area contributed by atoms with Gasteiger partial charge in [-0.3, -0.25) is 0 Å². The number of hydrogen-bond donors (Lipinski definition) is 2. The van der Waals surface area contributed by atoms with Gasteiger partial charge in [0.1, 0.15) is 0 Å². The Balaban J connectivity index is 2.92. The van der Waals surface area contributed by atoms with Gasteiger partial charge in [-0.15, -0.1) is 0 Å². The van der Waals surface area contributed by atoms with Crippen molar-refractivity contribution in [2.24, 2.45) is 0 Å². The molecule has 0 bridgehead atoms. The summed E-state index contributed by atoms with van der Waals surface area (Å²) < 4.78 is 0. The Bertz CT molecular complexity index is 723. The minimum Gasteiger partial charge on any atom is -0.477 e. The van der Waals surface area contributed by atoms with Crippen molar-refractivity contribution in [3.63, 3.8) is 0 Å². The molecule has 0 aliphatic heterocycles. The number of aryl methyl sites for hydroxylation is 1. The number of hydrogen-bond acceptors (Lipinski definition) is 3. The summed E-state index contributed by atoms with van der Waals surface area (Å²) in [6.45, 7) is 5.66. The number of carbonyl (C=O) groups is 2. The molecule has 23 heavy (non-hydrogen) atoms. The Morgan fingerprint density at radius 3 is 1.70 bits per heavy atom. The molecule has 1 aromatic carbocycles. The molecule has 120 valence electrons. The minimum atomic E-state index is -1.21. The smallest absolute Gasteiger partial charge is 0.354 e. The Morgan fingerprint density at radius 1 is 0.913 bits per heavy atom. The summed E-state index contributed by atoms with van der Waals surface area (Å²) in [6, 6.07) is 7.63. The maximum atomic E-state index is 11.5. The van der Waals surface area contributed by atoms with Crippen molar-refractivity contribution < 1.29 is 19.8 Å². The van der Waals surface area contributed by atoms with Crippen molar-refractivity contribution >= 4 is 11.9 Å². The molecular formula is C18H19NO4. The molecule has 0 spiro atoms. The normalized spacial score (nSPS) is 10.6. The zero-order valence-corrected chi connectivity index (χ0v) is 13.4. The summed E-state index contributed by atoms with van der Waals surface area (Å²) in [7, 11) is 0. The van der Waals surface area contributed by atoms with Crippen molar-refractivity contribution in [1.82, 2.24) is 4.98 Å². The van der Waals surface area contributed by atoms with Crippen molar-refractivity contribution in [3.05, 3.63) is 52.3 Å². The zero-order chi connectivity index (χ0) is 17.1. The monoisotopic (exact) mass is 313 g/mol. The first-order valence-corrected chi connectivity index (χ1v) is 7.50. The van der Waals surface area contributed by atoms with Crippen LogP contribution >= 0.6 is 0 Å². The third-order valence-electron chi connectivity index (χ3n) is 3.85. The van der Waals surface area contributed by atoms with Crippen molar-refractivity contribution in [2.45, 2.75) is 33.6 Å². The van der Waals surface area contributed by atoms with Gasteiger partial charge in [-0.05, 0) is 42.0 Å². The molecule has 0 fully saturated rings. The first-order chi connectivity index (χ1) is 10.9. The Labute approximate surface area is 134 Å². The topological polar surface area (TPSA) is 87.5 Å². The maximum absolute atomic E-state index is 11.5. The van der Waals surface area contributed by atoms with Crippen LogP contribution in [0.4, 0.5) is 0 Å². The van der Waals surface area contributed by atoms with Gasteiger partial charge in [-0.1, -0.05) is 43.7 Å². The van der Waals surface area contributed by atoms with E-state index in [0.717, 1.165) is 11.1 Å². The molecule has 2 aromatic rings. The summed E-state index contributed by atoms with van der Waals surface area (Å²) in [5.74, 6) is -2.42. The van der Waals surface area contributed by atoms with E-state index in [0.29, 0.717) is 29.5 Å². The SMILES string of the molecule is CCc1c(C(=O)O)nc(C(=O)O)c(CC)c1-c1ccc(C)cc1. The molecule has 0 saturated carbocycles. The second-order valence-electron chi connectivity index (χ2n) is 5.32. The van der Waals surface area contributed by atoms with Crippen LogP contribution in [0, 0.1) is 6.92 Å². The zero-order valence-electron chi connectivity index (χ0n) is 13.4. The average molecular weight is 313 g/mol. The van der Waals surface area contributed by atoms with Crippen molar-refractivity contribution in [2.75, 3.05) is 0 Å². The summed E-state index contributed by atoms with van der Waals surface area (Å²) in [4.78, 5) is 27.0. The molecule has 0 atom stereocenters. The third-order valence-corrected chi connectivity index (χ3v) is 3.85. The summed E-state index contributed by atoms with van der Waals surface area (Å²) in [5, 5.41) is 18.9. The van der Waals surface area contributed by atoms with Gasteiger partial charge in [-0.2, -0.15) is 0 Å². The quantitative estimate of drug-likeness (QED) is 0.881. The molecule has 2 N–H and O–H groups in total. The van der Waals surface area contributed by atoms with Crippen LogP contribution in [-0.2, 0) is 12.8 Å². The van der Waals surface area contributed by atoms with Gasteiger partial charge in [0, 0.05) is 0 Å². The molecule has 0 aliphatic carbocycles. The number of rotatable bonds is 5. The molecule has 1 heterocycles. The van der Waals surface area contributed by atoms with E-state index in [2.05, 4.69) is 4.98 Å². The highest BCUT2D eigenvalue weighted by Crippen LogP contribution is 2.32. The first kappa shape index (κ1) is 16.7. The highest BCUT2D eigenvalue weighted by Gasteiger charge is 2.25. The Hall–Kier alpha value is -2.69. The standard InChI is InChI=1S/C18H19NO4/c1-4-12-14(11-8-6-10(3)7-9-11)13(5-2)16(18(22)23)19-15(12)17(20)21/h6-9H,4-5H2,1-3H3,(H,20,21)(H,22,23). The lowest BCUT2D eigenvalue weighted by molar-refractivity contribution is 0.0683. The fraction of sp³-hybridized carbons (Fsp3) is 0.278. The van der Waals surface area contributed by atoms with Crippen molar-refractivity contribution in [3.8, 4) is 11.1 Å². The van der Waals surface area contributed by atoms with Gasteiger partial charge in [0.2, 0.25) is 0 Å². The molecule has 5 heteroatoms. The van der Waals surface area contributed by atoms with Crippen LogP contribution in [0.25, 0.3) is 11.1 Å². The van der Waals surface area contributed by atoms with Crippen LogP contribution in [0.2, 0.25) is 0 Å². The van der Waals surface area contributed by atoms with Gasteiger partial charge < -0.3 is 10.2 Å². The van der Waals surface area contributed by atoms with E-state index in [1.54, 1.807) is 0 Å². The fourth-order valence-corrected chi connectivity index (χ4v) is 2.78. The van der Waals surface area contributed by atoms with Crippen LogP contribution in [0.5, 0.6) is 0 Å². The van der Waals surface area contributed by atoms with Crippen molar-refractivity contribution in [1.29, 1.82) is 0 Å². The summed E-state index contributed by atoms with van der Waals surface area (Å²) >= 11 is 0. The average Bonchev–Trinajstić information content (AvgIpc) is 2.53. The van der Waals surface area contributed by atoms with E-state index in [9.17, 15) is 19.8 Å². The van der Waals surface area contributed by atoms with Gasteiger partial charge in [0.15, 0.2) is 11.4 Å². The van der Waals surface area contributed by atoms with Crippen LogP contribution in [-0.4, -0.2) is 27.1 Å². The van der Waals surface area contributed by atoms with E-state index in [1.807, 2.05) is 45.0 Å².